The molecule has 3 saturated heterocycles. The molecule has 0 aliphatic carbocycles. The minimum Gasteiger partial charge on any atom is -0.390 e. The fraction of sp³-hybridized carbons (Fsp3) is 0.514. The van der Waals surface area contributed by atoms with Crippen molar-refractivity contribution in [2.24, 2.45) is 23.7 Å². The van der Waals surface area contributed by atoms with Crippen LogP contribution in [0.5, 0.6) is 0 Å². The summed E-state index contributed by atoms with van der Waals surface area (Å²) >= 11 is 0. The molecule has 3 aliphatic heterocycles. The van der Waals surface area contributed by atoms with E-state index in [1.54, 1.807) is 0 Å². The van der Waals surface area contributed by atoms with Gasteiger partial charge in [-0.05, 0) is 34.4 Å². The summed E-state index contributed by atoms with van der Waals surface area (Å²) in [5, 5.41) is 12.4. The first-order chi connectivity index (χ1) is 21.5. The van der Waals surface area contributed by atoms with E-state index in [0.717, 1.165) is 16.7 Å². The third kappa shape index (κ3) is 7.10. The fourth-order valence-electron chi connectivity index (χ4n) is 6.98. The van der Waals surface area contributed by atoms with Gasteiger partial charge in [-0.1, -0.05) is 112 Å². The Labute approximate surface area is 261 Å². The van der Waals surface area contributed by atoms with E-state index >= 15 is 0 Å². The first-order valence-corrected chi connectivity index (χ1v) is 16.0. The molecule has 6 rings (SSSR count). The third-order valence-electron chi connectivity index (χ3n) is 9.86. The number of rotatable bonds is 12. The lowest BCUT2D eigenvalue weighted by atomic mass is 9.73. The van der Waals surface area contributed by atoms with Gasteiger partial charge in [0, 0.05) is 5.92 Å². The minimum absolute atomic E-state index is 0.00895. The molecular formula is C37H46O7. The van der Waals surface area contributed by atoms with Gasteiger partial charge in [0.25, 0.3) is 0 Å². The quantitative estimate of drug-likeness (QED) is 0.282. The second-order valence-corrected chi connectivity index (χ2v) is 12.7. The summed E-state index contributed by atoms with van der Waals surface area (Å²) in [6.07, 6.45) is -3.07. The van der Waals surface area contributed by atoms with Crippen molar-refractivity contribution in [1.82, 2.24) is 0 Å². The average molecular weight is 603 g/mol. The van der Waals surface area contributed by atoms with Gasteiger partial charge in [-0.3, -0.25) is 0 Å². The summed E-state index contributed by atoms with van der Waals surface area (Å²) in [6, 6.07) is 30.4. The molecule has 7 heteroatoms. The Bertz CT molecular complexity index is 1270. The maximum absolute atomic E-state index is 12.4. The van der Waals surface area contributed by atoms with Gasteiger partial charge in [0.2, 0.25) is 0 Å². The highest BCUT2D eigenvalue weighted by atomic mass is 16.7. The molecule has 0 spiro atoms. The normalized spacial score (nSPS) is 34.1. The molecule has 3 aromatic rings. The van der Waals surface area contributed by atoms with Crippen LogP contribution in [0.15, 0.2) is 91.0 Å². The molecule has 3 aliphatic rings. The Kier molecular flexibility index (Phi) is 10.4. The number of ether oxygens (including phenoxy) is 6. The van der Waals surface area contributed by atoms with Crippen LogP contribution in [-0.4, -0.2) is 61.2 Å². The summed E-state index contributed by atoms with van der Waals surface area (Å²) in [4.78, 5) is 0. The maximum Gasteiger partial charge on any atom is 0.184 e. The molecule has 236 valence electrons. The highest BCUT2D eigenvalue weighted by molar-refractivity contribution is 5.15. The van der Waals surface area contributed by atoms with Crippen LogP contribution < -0.4 is 0 Å². The molecule has 1 unspecified atom stereocenters. The van der Waals surface area contributed by atoms with Crippen molar-refractivity contribution in [2.75, 3.05) is 13.2 Å². The van der Waals surface area contributed by atoms with Gasteiger partial charge in [0.05, 0.1) is 57.5 Å². The van der Waals surface area contributed by atoms with Gasteiger partial charge >= 0.3 is 0 Å². The lowest BCUT2D eigenvalue weighted by molar-refractivity contribution is -0.271. The Morgan fingerprint density at radius 2 is 1.23 bits per heavy atom. The Morgan fingerprint density at radius 3 is 1.82 bits per heavy atom. The smallest absolute Gasteiger partial charge is 0.184 e. The van der Waals surface area contributed by atoms with Gasteiger partial charge < -0.3 is 33.5 Å². The van der Waals surface area contributed by atoms with Crippen LogP contribution in [0.25, 0.3) is 0 Å². The van der Waals surface area contributed by atoms with Crippen molar-refractivity contribution in [2.45, 2.75) is 83.5 Å². The van der Waals surface area contributed by atoms with Crippen molar-refractivity contribution in [3.63, 3.8) is 0 Å². The zero-order valence-corrected chi connectivity index (χ0v) is 25.9. The summed E-state index contributed by atoms with van der Waals surface area (Å²) < 4.78 is 38.4. The highest BCUT2D eigenvalue weighted by Crippen LogP contribution is 2.44. The van der Waals surface area contributed by atoms with Gasteiger partial charge in [0.15, 0.2) is 6.29 Å². The summed E-state index contributed by atoms with van der Waals surface area (Å²) in [5.41, 5.74) is 3.27. The Morgan fingerprint density at radius 1 is 0.682 bits per heavy atom. The molecule has 0 saturated carbocycles. The molecule has 0 radical (unpaired) electrons. The Hall–Kier alpha value is -2.62. The third-order valence-corrected chi connectivity index (χ3v) is 9.86. The molecule has 3 fully saturated rings. The SMILES string of the molecule is C[C@H]1[C@H](C)[C@@H](COCc2ccccc2)O[C@H](C(O)[C@H]2[C@H](C)[C@H]3CO[C@H](O3)[C@H]2OCc2ccccc2)[C@H]1OCc1ccccc1. The zero-order chi connectivity index (χ0) is 30.5. The van der Waals surface area contributed by atoms with E-state index in [2.05, 4.69) is 45.0 Å². The summed E-state index contributed by atoms with van der Waals surface area (Å²) in [5.74, 6) is -0.00870. The lowest BCUT2D eigenvalue weighted by Gasteiger charge is -2.50. The topological polar surface area (TPSA) is 75.6 Å². The van der Waals surface area contributed by atoms with Crippen molar-refractivity contribution in [3.8, 4) is 0 Å². The largest absolute Gasteiger partial charge is 0.390 e. The number of hydrogen-bond acceptors (Lipinski definition) is 7. The van der Waals surface area contributed by atoms with Gasteiger partial charge in [-0.25, -0.2) is 0 Å². The van der Waals surface area contributed by atoms with E-state index in [9.17, 15) is 5.11 Å². The van der Waals surface area contributed by atoms with E-state index in [4.69, 9.17) is 28.4 Å². The van der Waals surface area contributed by atoms with Crippen molar-refractivity contribution >= 4 is 0 Å². The van der Waals surface area contributed by atoms with Crippen LogP contribution in [0, 0.1) is 23.7 Å². The zero-order valence-electron chi connectivity index (χ0n) is 25.9. The fourth-order valence-corrected chi connectivity index (χ4v) is 6.98. The van der Waals surface area contributed by atoms with Crippen LogP contribution in [0.3, 0.4) is 0 Å². The Balaban J connectivity index is 1.23. The molecule has 2 bridgehead atoms. The molecule has 3 heterocycles. The number of hydrogen-bond donors (Lipinski definition) is 1. The van der Waals surface area contributed by atoms with Gasteiger partial charge in [-0.2, -0.15) is 0 Å². The van der Waals surface area contributed by atoms with Crippen LogP contribution in [-0.2, 0) is 48.2 Å². The maximum atomic E-state index is 12.4. The monoisotopic (exact) mass is 602 g/mol. The highest BCUT2D eigenvalue weighted by Gasteiger charge is 2.56. The number of aliphatic hydroxyl groups is 1. The van der Waals surface area contributed by atoms with E-state index in [1.807, 2.05) is 66.7 Å². The first kappa shape index (κ1) is 31.4. The standard InChI is InChI=1S/C37H46O7/c1-24-25(2)34(40-20-28-15-9-5-10-16-28)36(43-30(24)22-39-19-27-13-7-4-8-14-27)33(38)32-26(3)31-23-42-37(44-31)35(32)41-21-29-17-11-6-12-18-29/h4-18,24-26,30-38H,19-23H2,1-3H3/t24-,25-,26+,30+,31+,32+,33?,34-,35-,36+,37+/m0/s1. The first-order valence-electron chi connectivity index (χ1n) is 16.0. The van der Waals surface area contributed by atoms with Crippen LogP contribution >= 0.6 is 0 Å². The van der Waals surface area contributed by atoms with Crippen molar-refractivity contribution < 1.29 is 33.5 Å². The second kappa shape index (κ2) is 14.6. The number of benzene rings is 3. The van der Waals surface area contributed by atoms with E-state index in [1.165, 1.54) is 0 Å². The molecule has 0 amide bonds. The molecule has 7 nitrogen and oxygen atoms in total. The molecule has 1 N–H and O–H groups in total. The molecule has 44 heavy (non-hydrogen) atoms. The van der Waals surface area contributed by atoms with Crippen LogP contribution in [0.2, 0.25) is 0 Å². The molecule has 3 aromatic carbocycles. The molecule has 11 atom stereocenters. The molecular weight excluding hydrogens is 556 g/mol. The second-order valence-electron chi connectivity index (χ2n) is 12.7. The van der Waals surface area contributed by atoms with Crippen molar-refractivity contribution in [1.29, 1.82) is 0 Å². The summed E-state index contributed by atoms with van der Waals surface area (Å²) in [7, 11) is 0. The predicted octanol–water partition coefficient (Wildman–Crippen LogP) is 5.78. The predicted molar refractivity (Wildman–Crippen MR) is 166 cm³/mol. The average Bonchev–Trinajstić information content (AvgIpc) is 3.51. The van der Waals surface area contributed by atoms with Crippen molar-refractivity contribution in [3.05, 3.63) is 108 Å². The van der Waals surface area contributed by atoms with Crippen LogP contribution in [0.1, 0.15) is 37.5 Å². The number of aliphatic hydroxyl groups excluding tert-OH is 1. The van der Waals surface area contributed by atoms with Crippen LogP contribution in [0.4, 0.5) is 0 Å². The van der Waals surface area contributed by atoms with Gasteiger partial charge in [0.1, 0.15) is 12.2 Å². The van der Waals surface area contributed by atoms with Gasteiger partial charge in [-0.15, -0.1) is 0 Å². The lowest BCUT2D eigenvalue weighted by Crippen LogP contribution is -2.61. The minimum atomic E-state index is -0.867. The van der Waals surface area contributed by atoms with E-state index in [0.29, 0.717) is 33.0 Å². The van der Waals surface area contributed by atoms with E-state index in [-0.39, 0.29) is 42.0 Å². The summed E-state index contributed by atoms with van der Waals surface area (Å²) in [6.45, 7) is 8.79. The molecule has 0 aromatic heterocycles. The van der Waals surface area contributed by atoms with E-state index < -0.39 is 24.6 Å². The number of fused-ring (bicyclic) bond motifs is 2.